The first-order chi connectivity index (χ1) is 33.2. The van der Waals surface area contributed by atoms with E-state index in [9.17, 15) is 0 Å². The quantitative estimate of drug-likeness (QED) is 0.156. The van der Waals surface area contributed by atoms with Crippen molar-refractivity contribution in [3.05, 3.63) is 310 Å². The second kappa shape index (κ2) is 14.9. The highest BCUT2D eigenvalue weighted by Crippen LogP contribution is 2.62. The summed E-state index contributed by atoms with van der Waals surface area (Å²) in [4.78, 5) is 0. The molecule has 0 radical (unpaired) electrons. The zero-order chi connectivity index (χ0) is 44.1. The van der Waals surface area contributed by atoms with Gasteiger partial charge in [0.2, 0.25) is 0 Å². The Morgan fingerprint density at radius 2 is 0.761 bits per heavy atom. The summed E-state index contributed by atoms with van der Waals surface area (Å²) >= 11 is 0. The van der Waals surface area contributed by atoms with E-state index in [1.807, 2.05) is 0 Å². The van der Waals surface area contributed by atoms with Crippen LogP contribution >= 0.6 is 0 Å². The summed E-state index contributed by atoms with van der Waals surface area (Å²) < 4.78 is 0. The molecule has 11 aromatic carbocycles. The predicted octanol–water partition coefficient (Wildman–Crippen LogP) is 16.9. The SMILES string of the molecule is c1ccc(-c2ccc(C3c4ccccc4-c4cc(-c5ccc6c(c5)-c5c(ccc7c5-c5ccccc5C7(c5ccccc5)c5ccccc5)C6c5ccc6ccccc6c5)ccc43)cc2)cc1. The molecular formula is C67H44. The Balaban J connectivity index is 0.968. The number of hydrogen-bond acceptors (Lipinski definition) is 0. The first-order valence-corrected chi connectivity index (χ1v) is 23.6. The smallest absolute Gasteiger partial charge is 0.0622 e. The van der Waals surface area contributed by atoms with Crippen molar-refractivity contribution >= 4 is 10.8 Å². The van der Waals surface area contributed by atoms with E-state index in [2.05, 4.69) is 255 Å². The number of benzene rings is 11. The lowest BCUT2D eigenvalue weighted by molar-refractivity contribution is 0.768. The largest absolute Gasteiger partial charge is 0.0713 e. The van der Waals surface area contributed by atoms with E-state index in [0.717, 1.165) is 0 Å². The maximum atomic E-state index is 2.52. The Morgan fingerprint density at radius 3 is 1.49 bits per heavy atom. The maximum Gasteiger partial charge on any atom is 0.0713 e. The van der Waals surface area contributed by atoms with Crippen molar-refractivity contribution in [2.45, 2.75) is 17.3 Å². The van der Waals surface area contributed by atoms with Crippen LogP contribution in [0.2, 0.25) is 0 Å². The molecule has 312 valence electrons. The van der Waals surface area contributed by atoms with Crippen molar-refractivity contribution < 1.29 is 0 Å². The molecule has 0 aliphatic heterocycles. The van der Waals surface area contributed by atoms with Crippen LogP contribution in [0.1, 0.15) is 67.5 Å². The molecule has 11 aromatic rings. The first kappa shape index (κ1) is 38.0. The summed E-state index contributed by atoms with van der Waals surface area (Å²) in [5.41, 5.74) is 25.9. The highest BCUT2D eigenvalue weighted by atomic mass is 14.5. The molecular weight excluding hydrogens is 805 g/mol. The molecule has 0 heteroatoms. The fourth-order valence-electron chi connectivity index (χ4n) is 12.4. The molecule has 0 fully saturated rings. The third-order valence-electron chi connectivity index (χ3n) is 15.3. The first-order valence-electron chi connectivity index (χ1n) is 23.6. The molecule has 2 atom stereocenters. The van der Waals surface area contributed by atoms with E-state index in [-0.39, 0.29) is 11.8 Å². The van der Waals surface area contributed by atoms with Crippen molar-refractivity contribution in [2.24, 2.45) is 0 Å². The number of hydrogen-bond donors (Lipinski definition) is 0. The van der Waals surface area contributed by atoms with Gasteiger partial charge in [-0.15, -0.1) is 0 Å². The third kappa shape index (κ3) is 5.60. The minimum atomic E-state index is -0.478. The topological polar surface area (TPSA) is 0 Å². The van der Waals surface area contributed by atoms with Crippen molar-refractivity contribution in [3.8, 4) is 55.6 Å². The summed E-state index contributed by atoms with van der Waals surface area (Å²) in [5.74, 6) is 0.266. The van der Waals surface area contributed by atoms with E-state index in [1.165, 1.54) is 122 Å². The highest BCUT2D eigenvalue weighted by molar-refractivity contribution is 6.01. The van der Waals surface area contributed by atoms with Crippen LogP contribution in [0.3, 0.4) is 0 Å². The van der Waals surface area contributed by atoms with Gasteiger partial charge in [0.15, 0.2) is 0 Å². The summed E-state index contributed by atoms with van der Waals surface area (Å²) in [6.45, 7) is 0. The molecule has 0 nitrogen and oxygen atoms in total. The summed E-state index contributed by atoms with van der Waals surface area (Å²) in [6, 6.07) is 95.9. The van der Waals surface area contributed by atoms with E-state index in [0.29, 0.717) is 0 Å². The molecule has 0 aromatic heterocycles. The molecule has 0 bridgehead atoms. The van der Waals surface area contributed by atoms with E-state index in [1.54, 1.807) is 0 Å². The van der Waals surface area contributed by atoms with Crippen molar-refractivity contribution in [1.29, 1.82) is 0 Å². The van der Waals surface area contributed by atoms with Gasteiger partial charge in [0.1, 0.15) is 0 Å². The van der Waals surface area contributed by atoms with Crippen molar-refractivity contribution in [2.75, 3.05) is 0 Å². The lowest BCUT2D eigenvalue weighted by Gasteiger charge is -2.34. The van der Waals surface area contributed by atoms with Gasteiger partial charge in [-0.05, 0) is 134 Å². The van der Waals surface area contributed by atoms with Gasteiger partial charge in [0, 0.05) is 11.8 Å². The van der Waals surface area contributed by atoms with Gasteiger partial charge in [-0.3, -0.25) is 0 Å². The molecule has 0 amide bonds. The second-order valence-electron chi connectivity index (χ2n) is 18.6. The average molecular weight is 849 g/mol. The van der Waals surface area contributed by atoms with Gasteiger partial charge in [0.25, 0.3) is 0 Å². The van der Waals surface area contributed by atoms with Gasteiger partial charge in [0.05, 0.1) is 5.41 Å². The zero-order valence-electron chi connectivity index (χ0n) is 36.9. The molecule has 0 N–H and O–H groups in total. The van der Waals surface area contributed by atoms with Crippen LogP contribution in [0.15, 0.2) is 255 Å². The molecule has 0 saturated carbocycles. The zero-order valence-corrected chi connectivity index (χ0v) is 36.9. The fourth-order valence-corrected chi connectivity index (χ4v) is 12.4. The summed E-state index contributed by atoms with van der Waals surface area (Å²) in [7, 11) is 0. The summed E-state index contributed by atoms with van der Waals surface area (Å²) in [6.07, 6.45) is 0. The lowest BCUT2D eigenvalue weighted by Crippen LogP contribution is -2.28. The van der Waals surface area contributed by atoms with Crippen molar-refractivity contribution in [3.63, 3.8) is 0 Å². The average Bonchev–Trinajstić information content (AvgIpc) is 4.03. The Labute approximate surface area is 392 Å². The predicted molar refractivity (Wildman–Crippen MR) is 278 cm³/mol. The van der Waals surface area contributed by atoms with Gasteiger partial charge in [-0.2, -0.15) is 0 Å². The van der Waals surface area contributed by atoms with Crippen LogP contribution in [0.4, 0.5) is 0 Å². The van der Waals surface area contributed by atoms with Crippen LogP contribution in [0.5, 0.6) is 0 Å². The van der Waals surface area contributed by atoms with Gasteiger partial charge in [-0.25, -0.2) is 0 Å². The van der Waals surface area contributed by atoms with Crippen LogP contribution in [0.25, 0.3) is 66.4 Å². The maximum absolute atomic E-state index is 2.52. The monoisotopic (exact) mass is 848 g/mol. The molecule has 0 saturated heterocycles. The molecule has 0 heterocycles. The standard InChI is InChI=1S/C67H44/c1-4-16-43(17-5-1)45-28-31-46(32-29-45)63-54-25-13-12-24-53(54)59-41-48(34-36-55(59)63)49-35-37-56-60(42-49)65-58(64(56)50-33-30-44-18-10-11-19-47(44)40-50)38-39-62-66(65)57-26-14-15-27-61(57)67(62,51-20-6-2-7-21-51)52-22-8-3-9-23-52/h1-42,63-64H. The Hall–Kier alpha value is -8.32. The molecule has 2 unspecified atom stereocenters. The Morgan fingerprint density at radius 1 is 0.254 bits per heavy atom. The Bertz CT molecular complexity index is 3690. The fraction of sp³-hybridized carbons (Fsp3) is 0.0448. The van der Waals surface area contributed by atoms with E-state index >= 15 is 0 Å². The molecule has 3 aliphatic carbocycles. The van der Waals surface area contributed by atoms with Crippen LogP contribution in [-0.2, 0) is 5.41 Å². The number of rotatable bonds is 6. The van der Waals surface area contributed by atoms with E-state index < -0.39 is 5.41 Å². The third-order valence-corrected chi connectivity index (χ3v) is 15.3. The lowest BCUT2D eigenvalue weighted by atomic mass is 9.67. The van der Waals surface area contributed by atoms with Gasteiger partial charge >= 0.3 is 0 Å². The number of fused-ring (bicyclic) bond motifs is 11. The van der Waals surface area contributed by atoms with E-state index in [4.69, 9.17) is 0 Å². The van der Waals surface area contributed by atoms with Crippen LogP contribution in [-0.4, -0.2) is 0 Å². The molecule has 67 heavy (non-hydrogen) atoms. The Kier molecular flexibility index (Phi) is 8.43. The van der Waals surface area contributed by atoms with Crippen LogP contribution < -0.4 is 0 Å². The second-order valence-corrected chi connectivity index (χ2v) is 18.6. The van der Waals surface area contributed by atoms with Crippen LogP contribution in [0, 0.1) is 0 Å². The van der Waals surface area contributed by atoms with Gasteiger partial charge < -0.3 is 0 Å². The molecule has 0 spiro atoms. The summed E-state index contributed by atoms with van der Waals surface area (Å²) in [5, 5.41) is 2.54. The van der Waals surface area contributed by atoms with Gasteiger partial charge in [-0.1, -0.05) is 243 Å². The van der Waals surface area contributed by atoms with Crippen molar-refractivity contribution in [1.82, 2.24) is 0 Å². The molecule has 14 rings (SSSR count). The minimum Gasteiger partial charge on any atom is -0.0622 e. The minimum absolute atomic E-state index is 0.0884. The molecule has 3 aliphatic rings. The highest BCUT2D eigenvalue weighted by Gasteiger charge is 2.48. The normalized spacial score (nSPS) is 15.6.